The standard InChI is InChI=1S/C16H23N5OS/c1-20(2)6-3-11-4-7-21(8-5-11)16-14-12(18-10-19-16)9-13(23-14)15(17)22/h9-11H,3-8H2,1-2H3,(H2,17,22). The number of primary amides is 1. The third kappa shape index (κ3) is 3.61. The van der Waals surface area contributed by atoms with Crippen molar-refractivity contribution in [3.63, 3.8) is 0 Å². The van der Waals surface area contributed by atoms with E-state index in [1.807, 2.05) is 0 Å². The maximum Gasteiger partial charge on any atom is 0.258 e. The second kappa shape index (κ2) is 6.80. The molecule has 6 nitrogen and oxygen atoms in total. The summed E-state index contributed by atoms with van der Waals surface area (Å²) in [6.45, 7) is 3.16. The van der Waals surface area contributed by atoms with E-state index in [9.17, 15) is 4.79 Å². The quantitative estimate of drug-likeness (QED) is 0.905. The Balaban J connectivity index is 1.73. The maximum atomic E-state index is 11.4. The second-order valence-corrected chi connectivity index (χ2v) is 7.46. The van der Waals surface area contributed by atoms with Gasteiger partial charge in [-0.1, -0.05) is 0 Å². The van der Waals surface area contributed by atoms with Gasteiger partial charge in [-0.25, -0.2) is 9.97 Å². The van der Waals surface area contributed by atoms with Gasteiger partial charge in [0.2, 0.25) is 0 Å². The van der Waals surface area contributed by atoms with Gasteiger partial charge in [0.15, 0.2) is 0 Å². The van der Waals surface area contributed by atoms with Crippen LogP contribution in [-0.4, -0.2) is 54.5 Å². The third-order valence-corrected chi connectivity index (χ3v) is 5.57. The Morgan fingerprint density at radius 2 is 2.13 bits per heavy atom. The number of piperidine rings is 1. The van der Waals surface area contributed by atoms with E-state index in [1.54, 1.807) is 12.4 Å². The molecule has 2 aromatic heterocycles. The average molecular weight is 333 g/mol. The average Bonchev–Trinajstić information content (AvgIpc) is 2.98. The molecule has 0 bridgehead atoms. The van der Waals surface area contributed by atoms with Crippen LogP contribution in [0.5, 0.6) is 0 Å². The maximum absolute atomic E-state index is 11.4. The molecule has 1 fully saturated rings. The lowest BCUT2D eigenvalue weighted by atomic mass is 9.93. The fourth-order valence-electron chi connectivity index (χ4n) is 3.06. The first-order valence-electron chi connectivity index (χ1n) is 7.98. The first kappa shape index (κ1) is 16.1. The molecular formula is C16H23N5OS. The molecule has 0 saturated carbocycles. The zero-order valence-electron chi connectivity index (χ0n) is 13.7. The predicted octanol–water partition coefficient (Wildman–Crippen LogP) is 1.96. The number of carbonyl (C=O) groups excluding carboxylic acids is 1. The zero-order valence-corrected chi connectivity index (χ0v) is 14.5. The highest BCUT2D eigenvalue weighted by molar-refractivity contribution is 7.21. The first-order chi connectivity index (χ1) is 11.0. The van der Waals surface area contributed by atoms with E-state index in [-0.39, 0.29) is 0 Å². The van der Waals surface area contributed by atoms with Crippen LogP contribution < -0.4 is 10.6 Å². The van der Waals surface area contributed by atoms with Crippen molar-refractivity contribution in [1.82, 2.24) is 14.9 Å². The van der Waals surface area contributed by atoms with Gasteiger partial charge in [0.25, 0.3) is 5.91 Å². The number of nitrogens with zero attached hydrogens (tertiary/aromatic N) is 4. The van der Waals surface area contributed by atoms with Crippen LogP contribution in [0.15, 0.2) is 12.4 Å². The van der Waals surface area contributed by atoms with Gasteiger partial charge in [-0.15, -0.1) is 11.3 Å². The molecule has 7 heteroatoms. The molecule has 0 unspecified atom stereocenters. The fourth-order valence-corrected chi connectivity index (χ4v) is 4.04. The van der Waals surface area contributed by atoms with E-state index in [4.69, 9.17) is 5.73 Å². The highest BCUT2D eigenvalue weighted by atomic mass is 32.1. The highest BCUT2D eigenvalue weighted by Crippen LogP contribution is 2.33. The van der Waals surface area contributed by atoms with Crippen LogP contribution in [0.4, 0.5) is 5.82 Å². The molecule has 0 radical (unpaired) electrons. The molecule has 23 heavy (non-hydrogen) atoms. The van der Waals surface area contributed by atoms with Crippen molar-refractivity contribution in [1.29, 1.82) is 0 Å². The van der Waals surface area contributed by atoms with Crippen molar-refractivity contribution in [2.75, 3.05) is 38.6 Å². The summed E-state index contributed by atoms with van der Waals surface area (Å²) in [4.78, 5) is 25.2. The van der Waals surface area contributed by atoms with Crippen LogP contribution in [0.1, 0.15) is 28.9 Å². The van der Waals surface area contributed by atoms with E-state index in [2.05, 4.69) is 33.9 Å². The second-order valence-electron chi connectivity index (χ2n) is 6.41. The van der Waals surface area contributed by atoms with E-state index in [0.717, 1.165) is 41.6 Å². The Bertz CT molecular complexity index is 691. The van der Waals surface area contributed by atoms with Gasteiger partial charge in [-0.3, -0.25) is 4.79 Å². The molecule has 124 valence electrons. The van der Waals surface area contributed by atoms with Crippen molar-refractivity contribution in [2.24, 2.45) is 11.7 Å². The third-order valence-electron chi connectivity index (χ3n) is 4.43. The SMILES string of the molecule is CN(C)CCC1CCN(c2ncnc3cc(C(N)=O)sc23)CC1. The zero-order chi connectivity index (χ0) is 16.4. The number of hydrogen-bond donors (Lipinski definition) is 1. The van der Waals surface area contributed by atoms with E-state index < -0.39 is 5.91 Å². The summed E-state index contributed by atoms with van der Waals surface area (Å²) in [7, 11) is 4.25. The normalized spacial score (nSPS) is 16.4. The van der Waals surface area contributed by atoms with Gasteiger partial charge in [0, 0.05) is 13.1 Å². The summed E-state index contributed by atoms with van der Waals surface area (Å²) in [6.07, 6.45) is 5.21. The number of rotatable bonds is 5. The number of hydrogen-bond acceptors (Lipinski definition) is 6. The molecule has 1 aliphatic rings. The van der Waals surface area contributed by atoms with E-state index in [1.165, 1.54) is 30.6 Å². The molecule has 3 rings (SSSR count). The predicted molar refractivity (Wildman–Crippen MR) is 94.0 cm³/mol. The molecule has 2 aromatic rings. The van der Waals surface area contributed by atoms with Gasteiger partial charge in [0.1, 0.15) is 12.1 Å². The minimum atomic E-state index is -0.402. The van der Waals surface area contributed by atoms with Crippen LogP contribution in [0.3, 0.4) is 0 Å². The van der Waals surface area contributed by atoms with Crippen LogP contribution in [0.25, 0.3) is 10.2 Å². The Hall–Kier alpha value is -1.73. The first-order valence-corrected chi connectivity index (χ1v) is 8.80. The number of amides is 1. The molecule has 1 aliphatic heterocycles. The molecule has 0 aliphatic carbocycles. The number of carbonyl (C=O) groups is 1. The molecule has 1 amide bonds. The largest absolute Gasteiger partial charge is 0.365 e. The lowest BCUT2D eigenvalue weighted by Gasteiger charge is -2.33. The monoisotopic (exact) mass is 333 g/mol. The minimum absolute atomic E-state index is 0.402. The van der Waals surface area contributed by atoms with Crippen molar-refractivity contribution in [3.05, 3.63) is 17.3 Å². The van der Waals surface area contributed by atoms with Crippen LogP contribution in [0, 0.1) is 5.92 Å². The van der Waals surface area contributed by atoms with Gasteiger partial charge >= 0.3 is 0 Å². The summed E-state index contributed by atoms with van der Waals surface area (Å²) < 4.78 is 0.966. The van der Waals surface area contributed by atoms with Crippen LogP contribution >= 0.6 is 11.3 Å². The molecule has 1 saturated heterocycles. The van der Waals surface area contributed by atoms with Crippen LogP contribution in [0.2, 0.25) is 0 Å². The van der Waals surface area contributed by atoms with Crippen molar-refractivity contribution < 1.29 is 4.79 Å². The molecule has 3 heterocycles. The summed E-state index contributed by atoms with van der Waals surface area (Å²) in [6, 6.07) is 1.76. The highest BCUT2D eigenvalue weighted by Gasteiger charge is 2.23. The van der Waals surface area contributed by atoms with Gasteiger partial charge in [-0.2, -0.15) is 0 Å². The summed E-state index contributed by atoms with van der Waals surface area (Å²) in [5.41, 5.74) is 6.20. The van der Waals surface area contributed by atoms with Crippen LogP contribution in [-0.2, 0) is 0 Å². The summed E-state index contributed by atoms with van der Waals surface area (Å²) >= 11 is 1.39. The number of thiophene rings is 1. The number of fused-ring (bicyclic) bond motifs is 1. The topological polar surface area (TPSA) is 75.3 Å². The molecular weight excluding hydrogens is 310 g/mol. The number of nitrogens with two attached hydrogens (primary N) is 1. The Labute approximate surface area is 140 Å². The van der Waals surface area contributed by atoms with E-state index >= 15 is 0 Å². The Morgan fingerprint density at radius 3 is 2.78 bits per heavy atom. The smallest absolute Gasteiger partial charge is 0.258 e. The van der Waals surface area contributed by atoms with Gasteiger partial charge < -0.3 is 15.5 Å². The van der Waals surface area contributed by atoms with Crippen molar-refractivity contribution in [3.8, 4) is 0 Å². The van der Waals surface area contributed by atoms with E-state index in [0.29, 0.717) is 4.88 Å². The molecule has 0 spiro atoms. The molecule has 0 atom stereocenters. The summed E-state index contributed by atoms with van der Waals surface area (Å²) in [5, 5.41) is 0. The molecule has 2 N–H and O–H groups in total. The Morgan fingerprint density at radius 1 is 1.39 bits per heavy atom. The summed E-state index contributed by atoms with van der Waals surface area (Å²) in [5.74, 6) is 1.33. The number of aromatic nitrogens is 2. The lowest BCUT2D eigenvalue weighted by Crippen LogP contribution is -2.35. The Kier molecular flexibility index (Phi) is 4.77. The number of anilines is 1. The fraction of sp³-hybridized carbons (Fsp3) is 0.562. The minimum Gasteiger partial charge on any atom is -0.365 e. The van der Waals surface area contributed by atoms with Gasteiger partial charge in [0.05, 0.1) is 15.1 Å². The van der Waals surface area contributed by atoms with Gasteiger partial charge in [-0.05, 0) is 51.9 Å². The molecule has 0 aromatic carbocycles. The van der Waals surface area contributed by atoms with Crippen molar-refractivity contribution >= 4 is 33.3 Å². The van der Waals surface area contributed by atoms with Crippen molar-refractivity contribution in [2.45, 2.75) is 19.3 Å². The lowest BCUT2D eigenvalue weighted by molar-refractivity contribution is 0.100.